The van der Waals surface area contributed by atoms with E-state index in [1.54, 1.807) is 16.7 Å². The van der Waals surface area contributed by atoms with Gasteiger partial charge in [0.05, 0.1) is 18.8 Å². The van der Waals surface area contributed by atoms with Crippen molar-refractivity contribution in [2.75, 3.05) is 44.6 Å². The number of rotatable bonds is 6. The Labute approximate surface area is 206 Å². The molecule has 3 fully saturated rings. The van der Waals surface area contributed by atoms with Crippen LogP contribution >= 0.6 is 0 Å². The van der Waals surface area contributed by atoms with Crippen molar-refractivity contribution in [1.29, 1.82) is 0 Å². The van der Waals surface area contributed by atoms with Gasteiger partial charge in [0.2, 0.25) is 5.91 Å². The summed E-state index contributed by atoms with van der Waals surface area (Å²) in [6.45, 7) is 4.82. The van der Waals surface area contributed by atoms with Crippen LogP contribution in [0.25, 0.3) is 10.8 Å². The third kappa shape index (κ3) is 4.87. The number of likely N-dealkylation sites (tertiary alicyclic amines) is 1. The molecule has 3 N–H and O–H groups in total. The van der Waals surface area contributed by atoms with Crippen LogP contribution in [0.5, 0.6) is 0 Å². The van der Waals surface area contributed by atoms with E-state index in [-0.39, 0.29) is 36.1 Å². The molecule has 188 valence electrons. The number of piperazine rings is 1. The summed E-state index contributed by atoms with van der Waals surface area (Å²) in [5.74, 6) is -0.139. The molecule has 1 aliphatic carbocycles. The average Bonchev–Trinajstić information content (AvgIpc) is 3.65. The molecule has 2 heterocycles. The minimum atomic E-state index is -0.607. The molecule has 3 amide bonds. The van der Waals surface area contributed by atoms with E-state index in [9.17, 15) is 19.8 Å². The number of benzene rings is 2. The number of urea groups is 1. The molecule has 0 radical (unpaired) electrons. The summed E-state index contributed by atoms with van der Waals surface area (Å²) in [5, 5.41) is 25.6. The van der Waals surface area contributed by atoms with Crippen molar-refractivity contribution in [1.82, 2.24) is 14.7 Å². The van der Waals surface area contributed by atoms with Gasteiger partial charge in [-0.1, -0.05) is 30.3 Å². The lowest BCUT2D eigenvalue weighted by Crippen LogP contribution is -2.61. The number of nitrogens with zero attached hydrogens (tertiary/aromatic N) is 3. The third-order valence-corrected chi connectivity index (χ3v) is 8.34. The SMILES string of the molecule is C[C@H]1C(=O)N([C@H](CO)CCN2CCC3(CC3)[C@H](O)C2)CCN1C(=O)Nc1ccc2ccccc2c1. The standard InChI is InChI=1S/C27H36N4O4/c1-19-25(34)31(23(18-32)8-12-29-13-11-27(9-10-27)24(33)17-29)15-14-30(19)26(35)28-22-7-6-20-4-2-3-5-21(20)16-22/h2-7,16,19,23-24,32-33H,8-15,17-18H2,1H3,(H,28,35)/t19-,23-,24+/m0/s1. The fourth-order valence-corrected chi connectivity index (χ4v) is 5.70. The number of nitrogens with one attached hydrogen (secondary N) is 1. The number of carbonyl (C=O) groups is 2. The van der Waals surface area contributed by atoms with Gasteiger partial charge in [-0.25, -0.2) is 4.79 Å². The first-order chi connectivity index (χ1) is 16.9. The molecule has 0 aromatic heterocycles. The summed E-state index contributed by atoms with van der Waals surface area (Å²) in [7, 11) is 0. The molecule has 1 spiro atoms. The highest BCUT2D eigenvalue weighted by molar-refractivity contribution is 5.96. The Bertz CT molecular complexity index is 1090. The highest BCUT2D eigenvalue weighted by Gasteiger charge is 2.51. The first-order valence-corrected chi connectivity index (χ1v) is 12.8. The lowest BCUT2D eigenvalue weighted by atomic mass is 9.90. The lowest BCUT2D eigenvalue weighted by molar-refractivity contribution is -0.143. The maximum absolute atomic E-state index is 13.2. The zero-order valence-electron chi connectivity index (χ0n) is 20.4. The predicted octanol–water partition coefficient (Wildman–Crippen LogP) is 2.50. The van der Waals surface area contributed by atoms with E-state index in [2.05, 4.69) is 10.2 Å². The third-order valence-electron chi connectivity index (χ3n) is 8.34. The van der Waals surface area contributed by atoms with Crippen molar-refractivity contribution in [3.8, 4) is 0 Å². The van der Waals surface area contributed by atoms with Gasteiger partial charge < -0.3 is 30.2 Å². The van der Waals surface area contributed by atoms with E-state index in [4.69, 9.17) is 0 Å². The molecule has 8 nitrogen and oxygen atoms in total. The topological polar surface area (TPSA) is 96.3 Å². The minimum absolute atomic E-state index is 0.109. The molecule has 0 unspecified atom stereocenters. The van der Waals surface area contributed by atoms with Gasteiger partial charge in [-0.05, 0) is 67.5 Å². The molecule has 35 heavy (non-hydrogen) atoms. The summed E-state index contributed by atoms with van der Waals surface area (Å²) in [6.07, 6.45) is 3.67. The first kappa shape index (κ1) is 24.0. The Hall–Kier alpha value is -2.68. The number of carbonyl (C=O) groups excluding carboxylic acids is 2. The monoisotopic (exact) mass is 480 g/mol. The van der Waals surface area contributed by atoms with Crippen molar-refractivity contribution in [2.45, 2.75) is 50.8 Å². The Kier molecular flexibility index (Phi) is 6.70. The number of β-amino-alcohol motifs (C(OH)–C–C–N with tert-alkyl or cyclic N) is 1. The van der Waals surface area contributed by atoms with Crippen LogP contribution < -0.4 is 5.32 Å². The maximum atomic E-state index is 13.2. The summed E-state index contributed by atoms with van der Waals surface area (Å²) in [5.41, 5.74) is 0.864. The van der Waals surface area contributed by atoms with Crippen LogP contribution in [0.4, 0.5) is 10.5 Å². The van der Waals surface area contributed by atoms with E-state index in [0.29, 0.717) is 31.7 Å². The van der Waals surface area contributed by atoms with Crippen LogP contribution in [-0.4, -0.2) is 94.4 Å². The molecule has 1 saturated carbocycles. The van der Waals surface area contributed by atoms with Gasteiger partial charge in [0.25, 0.3) is 0 Å². The van der Waals surface area contributed by atoms with Crippen LogP contribution in [0, 0.1) is 5.41 Å². The highest BCUT2D eigenvalue weighted by Crippen LogP contribution is 2.53. The molecule has 0 bridgehead atoms. The minimum Gasteiger partial charge on any atom is -0.394 e. The second-order valence-electron chi connectivity index (χ2n) is 10.4. The van der Waals surface area contributed by atoms with Gasteiger partial charge in [-0.3, -0.25) is 4.79 Å². The van der Waals surface area contributed by atoms with Crippen LogP contribution in [0.1, 0.15) is 32.6 Å². The van der Waals surface area contributed by atoms with Crippen LogP contribution in [0.2, 0.25) is 0 Å². The largest absolute Gasteiger partial charge is 0.394 e. The fourth-order valence-electron chi connectivity index (χ4n) is 5.70. The molecular weight excluding hydrogens is 444 g/mol. The number of hydrogen-bond donors (Lipinski definition) is 3. The van der Waals surface area contributed by atoms with Crippen molar-refractivity contribution < 1.29 is 19.8 Å². The number of hydrogen-bond acceptors (Lipinski definition) is 5. The second kappa shape index (κ2) is 9.76. The molecule has 3 aliphatic rings. The Balaban J connectivity index is 1.16. The summed E-state index contributed by atoms with van der Waals surface area (Å²) >= 11 is 0. The molecule has 2 saturated heterocycles. The molecule has 2 aromatic rings. The number of piperidine rings is 1. The normalized spacial score (nSPS) is 25.2. The molecule has 2 aromatic carbocycles. The molecular formula is C27H36N4O4. The van der Waals surface area contributed by atoms with Gasteiger partial charge in [0.1, 0.15) is 6.04 Å². The van der Waals surface area contributed by atoms with E-state index >= 15 is 0 Å². The Morgan fingerprint density at radius 3 is 2.60 bits per heavy atom. The molecule has 5 rings (SSSR count). The zero-order chi connectivity index (χ0) is 24.6. The zero-order valence-corrected chi connectivity index (χ0v) is 20.4. The Morgan fingerprint density at radius 2 is 1.89 bits per heavy atom. The summed E-state index contributed by atoms with van der Waals surface area (Å²) in [4.78, 5) is 31.7. The smallest absolute Gasteiger partial charge is 0.322 e. The van der Waals surface area contributed by atoms with E-state index in [1.165, 1.54) is 0 Å². The molecule has 3 atom stereocenters. The van der Waals surface area contributed by atoms with Gasteiger partial charge in [0.15, 0.2) is 0 Å². The predicted molar refractivity (Wildman–Crippen MR) is 135 cm³/mol. The highest BCUT2D eigenvalue weighted by atomic mass is 16.3. The second-order valence-corrected chi connectivity index (χ2v) is 10.4. The average molecular weight is 481 g/mol. The van der Waals surface area contributed by atoms with Gasteiger partial charge >= 0.3 is 6.03 Å². The Morgan fingerprint density at radius 1 is 1.11 bits per heavy atom. The molecule has 2 aliphatic heterocycles. The van der Waals surface area contributed by atoms with E-state index in [0.717, 1.165) is 43.1 Å². The van der Waals surface area contributed by atoms with Crippen molar-refractivity contribution in [3.63, 3.8) is 0 Å². The summed E-state index contributed by atoms with van der Waals surface area (Å²) < 4.78 is 0. The van der Waals surface area contributed by atoms with Crippen molar-refractivity contribution >= 4 is 28.4 Å². The van der Waals surface area contributed by atoms with E-state index in [1.807, 2.05) is 42.5 Å². The van der Waals surface area contributed by atoms with Crippen LogP contribution in [0.15, 0.2) is 42.5 Å². The summed E-state index contributed by atoms with van der Waals surface area (Å²) in [6, 6.07) is 12.5. The number of aliphatic hydroxyl groups excluding tert-OH is 2. The fraction of sp³-hybridized carbons (Fsp3) is 0.556. The van der Waals surface area contributed by atoms with Crippen molar-refractivity contribution in [3.05, 3.63) is 42.5 Å². The van der Waals surface area contributed by atoms with Crippen molar-refractivity contribution in [2.24, 2.45) is 5.41 Å². The number of fused-ring (bicyclic) bond motifs is 1. The van der Waals surface area contributed by atoms with Gasteiger partial charge in [0, 0.05) is 31.9 Å². The van der Waals surface area contributed by atoms with Crippen LogP contribution in [-0.2, 0) is 4.79 Å². The first-order valence-electron chi connectivity index (χ1n) is 12.8. The number of amides is 3. The number of anilines is 1. The number of aliphatic hydroxyl groups is 2. The lowest BCUT2D eigenvalue weighted by Gasteiger charge is -2.43. The van der Waals surface area contributed by atoms with Gasteiger partial charge in [-0.2, -0.15) is 0 Å². The van der Waals surface area contributed by atoms with E-state index < -0.39 is 6.04 Å². The maximum Gasteiger partial charge on any atom is 0.322 e. The molecule has 8 heteroatoms. The van der Waals surface area contributed by atoms with Crippen LogP contribution in [0.3, 0.4) is 0 Å². The van der Waals surface area contributed by atoms with Gasteiger partial charge in [-0.15, -0.1) is 0 Å². The quantitative estimate of drug-likeness (QED) is 0.591.